The van der Waals surface area contributed by atoms with E-state index in [0.717, 1.165) is 5.56 Å². The Labute approximate surface area is 112 Å². The van der Waals surface area contributed by atoms with E-state index in [-0.39, 0.29) is 10.8 Å². The van der Waals surface area contributed by atoms with Crippen molar-refractivity contribution < 1.29 is 8.78 Å². The third kappa shape index (κ3) is 4.94. The lowest BCUT2D eigenvalue weighted by molar-refractivity contribution is 0.246. The van der Waals surface area contributed by atoms with Gasteiger partial charge in [-0.2, -0.15) is 0 Å². The number of benzene rings is 1. The first kappa shape index (κ1) is 15.4. The molecule has 102 valence electrons. The molecule has 1 N–H and O–H groups in total. The predicted molar refractivity (Wildman–Crippen MR) is 75.1 cm³/mol. The molecular formula is C14H21F2NS. The van der Waals surface area contributed by atoms with Crippen molar-refractivity contribution in [2.45, 2.75) is 31.6 Å². The van der Waals surface area contributed by atoms with Gasteiger partial charge in [0, 0.05) is 16.7 Å². The number of rotatable bonds is 6. The molecule has 18 heavy (non-hydrogen) atoms. The van der Waals surface area contributed by atoms with Gasteiger partial charge in [0.25, 0.3) is 0 Å². The van der Waals surface area contributed by atoms with Crippen LogP contribution in [0.4, 0.5) is 8.78 Å². The first-order valence-electron chi connectivity index (χ1n) is 6.08. The molecule has 0 aliphatic carbocycles. The van der Waals surface area contributed by atoms with E-state index in [0.29, 0.717) is 0 Å². The molecule has 1 aromatic rings. The summed E-state index contributed by atoms with van der Waals surface area (Å²) in [5, 5.41) is 0. The lowest BCUT2D eigenvalue weighted by Gasteiger charge is -2.28. The van der Waals surface area contributed by atoms with Gasteiger partial charge in [0.1, 0.15) is 0 Å². The zero-order valence-electron chi connectivity index (χ0n) is 11.1. The fourth-order valence-corrected chi connectivity index (χ4v) is 2.37. The summed E-state index contributed by atoms with van der Waals surface area (Å²) in [6.07, 6.45) is 0. The molecule has 1 rings (SSSR count). The Bertz CT molecular complexity index is 333. The van der Waals surface area contributed by atoms with Gasteiger partial charge in [-0.1, -0.05) is 42.3 Å². The van der Waals surface area contributed by atoms with Gasteiger partial charge in [0.2, 0.25) is 0 Å². The molecule has 1 aromatic carbocycles. The molecule has 0 saturated carbocycles. The number of hydrogen-bond acceptors (Lipinski definition) is 2. The van der Waals surface area contributed by atoms with Crippen molar-refractivity contribution in [3.63, 3.8) is 0 Å². The zero-order valence-corrected chi connectivity index (χ0v) is 11.9. The minimum atomic E-state index is -0.659. The lowest BCUT2D eigenvalue weighted by atomic mass is 9.96. The second kappa shape index (κ2) is 7.10. The van der Waals surface area contributed by atoms with Crippen LogP contribution in [0.15, 0.2) is 30.3 Å². The Hall–Kier alpha value is -0.610. The Balaban J connectivity index is 2.82. The highest BCUT2D eigenvalue weighted by Crippen LogP contribution is 2.29. The molecule has 0 saturated heterocycles. The van der Waals surface area contributed by atoms with Crippen molar-refractivity contribution in [2.24, 2.45) is 5.92 Å². The highest BCUT2D eigenvalue weighted by Gasteiger charge is 2.25. The number of halogens is 2. The largest absolute Gasteiger partial charge is 0.256 e. The zero-order chi connectivity index (χ0) is 13.6. The van der Waals surface area contributed by atoms with Crippen LogP contribution in [0.1, 0.15) is 32.4 Å². The first-order chi connectivity index (χ1) is 8.48. The smallest absolute Gasteiger partial charge is 0.0966 e. The van der Waals surface area contributed by atoms with Crippen LogP contribution < -0.4 is 4.72 Å². The van der Waals surface area contributed by atoms with E-state index < -0.39 is 19.3 Å². The minimum absolute atomic E-state index is 0.00417. The van der Waals surface area contributed by atoms with Crippen LogP contribution in [0.3, 0.4) is 0 Å². The van der Waals surface area contributed by atoms with Gasteiger partial charge < -0.3 is 0 Å². The Morgan fingerprint density at radius 2 is 1.67 bits per heavy atom. The SMILES string of the molecule is CC(C)(C)SNC(c1ccccc1)C(CF)CF. The van der Waals surface area contributed by atoms with Crippen molar-refractivity contribution in [3.8, 4) is 0 Å². The second-order valence-corrected chi connectivity index (χ2v) is 6.95. The summed E-state index contributed by atoms with van der Waals surface area (Å²) in [7, 11) is 0. The van der Waals surface area contributed by atoms with E-state index in [1.807, 2.05) is 30.3 Å². The molecule has 0 aromatic heterocycles. The van der Waals surface area contributed by atoms with Crippen LogP contribution in [-0.2, 0) is 0 Å². The molecule has 0 bridgehead atoms. The highest BCUT2D eigenvalue weighted by molar-refractivity contribution is 7.98. The van der Waals surface area contributed by atoms with Gasteiger partial charge in [-0.05, 0) is 26.3 Å². The fourth-order valence-electron chi connectivity index (χ4n) is 1.56. The Morgan fingerprint density at radius 1 is 1.11 bits per heavy atom. The van der Waals surface area contributed by atoms with Crippen LogP contribution in [0, 0.1) is 5.92 Å². The quantitative estimate of drug-likeness (QED) is 0.775. The van der Waals surface area contributed by atoms with E-state index in [1.165, 1.54) is 11.9 Å². The molecule has 4 heteroatoms. The van der Waals surface area contributed by atoms with Crippen LogP contribution in [0.25, 0.3) is 0 Å². The van der Waals surface area contributed by atoms with E-state index in [2.05, 4.69) is 25.5 Å². The Kier molecular flexibility index (Phi) is 6.09. The standard InChI is InChI=1S/C14H21F2NS/c1-14(2,3)18-17-13(12(9-15)10-16)11-7-5-4-6-8-11/h4-8,12-13,17H,9-10H2,1-3H3. The average molecular weight is 273 g/mol. The van der Waals surface area contributed by atoms with Gasteiger partial charge in [-0.3, -0.25) is 13.5 Å². The van der Waals surface area contributed by atoms with Crippen molar-refractivity contribution in [2.75, 3.05) is 13.3 Å². The molecule has 0 heterocycles. The number of alkyl halides is 2. The lowest BCUT2D eigenvalue weighted by Crippen LogP contribution is -2.29. The molecule has 1 atom stereocenters. The first-order valence-corrected chi connectivity index (χ1v) is 6.90. The molecule has 0 spiro atoms. The molecule has 0 aliphatic rings. The van der Waals surface area contributed by atoms with Crippen LogP contribution >= 0.6 is 11.9 Å². The Morgan fingerprint density at radius 3 is 2.11 bits per heavy atom. The number of hydrogen-bond donors (Lipinski definition) is 1. The molecule has 0 amide bonds. The van der Waals surface area contributed by atoms with E-state index >= 15 is 0 Å². The average Bonchev–Trinajstić information content (AvgIpc) is 2.34. The van der Waals surface area contributed by atoms with Crippen molar-refractivity contribution in [1.29, 1.82) is 0 Å². The van der Waals surface area contributed by atoms with Gasteiger partial charge in [-0.25, -0.2) is 0 Å². The summed E-state index contributed by atoms with van der Waals surface area (Å²) in [5.74, 6) is -0.637. The van der Waals surface area contributed by atoms with Gasteiger partial charge in [-0.15, -0.1) is 0 Å². The molecular weight excluding hydrogens is 252 g/mol. The second-order valence-electron chi connectivity index (χ2n) is 5.29. The van der Waals surface area contributed by atoms with Crippen LogP contribution in [0.5, 0.6) is 0 Å². The summed E-state index contributed by atoms with van der Waals surface area (Å²) in [5.41, 5.74) is 0.926. The van der Waals surface area contributed by atoms with Crippen LogP contribution in [-0.4, -0.2) is 18.1 Å². The van der Waals surface area contributed by atoms with Gasteiger partial charge in [0.05, 0.1) is 13.3 Å². The maximum atomic E-state index is 12.9. The third-order valence-corrected chi connectivity index (χ3v) is 3.50. The molecule has 0 radical (unpaired) electrons. The van der Waals surface area contributed by atoms with E-state index in [9.17, 15) is 8.78 Å². The molecule has 1 unspecified atom stereocenters. The molecule has 0 fully saturated rings. The van der Waals surface area contributed by atoms with Crippen LogP contribution in [0.2, 0.25) is 0 Å². The van der Waals surface area contributed by atoms with Crippen molar-refractivity contribution in [3.05, 3.63) is 35.9 Å². The van der Waals surface area contributed by atoms with Crippen molar-refractivity contribution in [1.82, 2.24) is 4.72 Å². The summed E-state index contributed by atoms with van der Waals surface area (Å²) in [6.45, 7) is 4.87. The topological polar surface area (TPSA) is 12.0 Å². The minimum Gasteiger partial charge on any atom is -0.256 e. The summed E-state index contributed by atoms with van der Waals surface area (Å²) >= 11 is 1.51. The number of nitrogens with one attached hydrogen (secondary N) is 1. The molecule has 1 nitrogen and oxygen atoms in total. The van der Waals surface area contributed by atoms with Crippen molar-refractivity contribution >= 4 is 11.9 Å². The summed E-state index contributed by atoms with van der Waals surface area (Å²) < 4.78 is 29.1. The maximum absolute atomic E-state index is 12.9. The van der Waals surface area contributed by atoms with Gasteiger partial charge in [0.15, 0.2) is 0 Å². The summed E-state index contributed by atoms with van der Waals surface area (Å²) in [4.78, 5) is 0. The van der Waals surface area contributed by atoms with Gasteiger partial charge >= 0.3 is 0 Å². The fraction of sp³-hybridized carbons (Fsp3) is 0.571. The third-order valence-electron chi connectivity index (χ3n) is 2.52. The maximum Gasteiger partial charge on any atom is 0.0966 e. The normalized spacial score (nSPS) is 13.9. The predicted octanol–water partition coefficient (Wildman–Crippen LogP) is 4.32. The molecule has 0 aliphatic heterocycles. The highest BCUT2D eigenvalue weighted by atomic mass is 32.2. The summed E-state index contributed by atoms with van der Waals surface area (Å²) in [6, 6.07) is 9.18. The van der Waals surface area contributed by atoms with E-state index in [1.54, 1.807) is 0 Å². The monoisotopic (exact) mass is 273 g/mol. The van der Waals surface area contributed by atoms with E-state index in [4.69, 9.17) is 0 Å².